The molecule has 3 aromatic rings. The highest BCUT2D eigenvalue weighted by Gasteiger charge is 2.40. The Bertz CT molecular complexity index is 1180. The molecular weight excluding hydrogens is 370 g/mol. The lowest BCUT2D eigenvalue weighted by Gasteiger charge is -2.21. The van der Waals surface area contributed by atoms with E-state index < -0.39 is 18.0 Å². The molecular formula is C23H17NO5. The molecule has 1 atom stereocenters. The van der Waals surface area contributed by atoms with Crippen molar-refractivity contribution >= 4 is 28.8 Å². The molecule has 1 saturated heterocycles. The summed E-state index contributed by atoms with van der Waals surface area (Å²) in [6.45, 7) is 1.99. The first-order valence-electron chi connectivity index (χ1n) is 9.26. The summed E-state index contributed by atoms with van der Waals surface area (Å²) in [6, 6.07) is 18.5. The summed E-state index contributed by atoms with van der Waals surface area (Å²) >= 11 is 0. The molecule has 0 aromatic heterocycles. The summed E-state index contributed by atoms with van der Waals surface area (Å²) in [6.07, 6.45) is 0.861. The van der Waals surface area contributed by atoms with Crippen molar-refractivity contribution in [1.29, 1.82) is 0 Å². The maximum atomic E-state index is 13.0. The summed E-state index contributed by atoms with van der Waals surface area (Å²) < 4.78 is 15.9. The third-order valence-corrected chi connectivity index (χ3v) is 5.18. The number of carbonyl (C=O) groups excluding carboxylic acids is 2. The van der Waals surface area contributed by atoms with Gasteiger partial charge < -0.3 is 14.2 Å². The van der Waals surface area contributed by atoms with E-state index in [1.165, 1.54) is 6.08 Å². The monoisotopic (exact) mass is 387 g/mol. The van der Waals surface area contributed by atoms with Crippen molar-refractivity contribution in [2.75, 3.05) is 6.79 Å². The molecule has 0 bridgehead atoms. The minimum atomic E-state index is -0.678. The molecule has 0 aliphatic carbocycles. The van der Waals surface area contributed by atoms with Crippen LogP contribution in [0, 0.1) is 0 Å². The molecule has 3 aromatic carbocycles. The largest absolute Gasteiger partial charge is 0.454 e. The quantitative estimate of drug-likeness (QED) is 0.612. The molecule has 2 amide bonds. The topological polar surface area (TPSA) is 65.1 Å². The first-order chi connectivity index (χ1) is 14.1. The van der Waals surface area contributed by atoms with E-state index in [-0.39, 0.29) is 12.6 Å². The number of cyclic esters (lactones) is 1. The first-order valence-corrected chi connectivity index (χ1v) is 9.26. The van der Waals surface area contributed by atoms with Crippen LogP contribution < -0.4 is 9.47 Å². The predicted octanol–water partition coefficient (Wildman–Crippen LogP) is 4.65. The zero-order valence-corrected chi connectivity index (χ0v) is 15.6. The summed E-state index contributed by atoms with van der Waals surface area (Å²) in [7, 11) is 0. The van der Waals surface area contributed by atoms with Crippen molar-refractivity contribution in [1.82, 2.24) is 4.90 Å². The van der Waals surface area contributed by atoms with Gasteiger partial charge in [-0.1, -0.05) is 48.5 Å². The molecule has 5 rings (SSSR count). The highest BCUT2D eigenvalue weighted by molar-refractivity contribution is 6.10. The van der Waals surface area contributed by atoms with E-state index in [9.17, 15) is 9.59 Å². The second-order valence-electron chi connectivity index (χ2n) is 6.91. The van der Waals surface area contributed by atoms with Crippen LogP contribution >= 0.6 is 0 Å². The van der Waals surface area contributed by atoms with Crippen LogP contribution in [0.15, 0.2) is 66.4 Å². The second kappa shape index (κ2) is 6.67. The number of carbonyl (C=O) groups is 2. The van der Waals surface area contributed by atoms with Gasteiger partial charge in [0.05, 0.1) is 6.04 Å². The number of fused-ring (bicyclic) bond motifs is 2. The van der Waals surface area contributed by atoms with Crippen LogP contribution in [0.5, 0.6) is 11.5 Å². The zero-order valence-electron chi connectivity index (χ0n) is 15.6. The summed E-state index contributed by atoms with van der Waals surface area (Å²) in [5, 5.41) is 2.05. The summed E-state index contributed by atoms with van der Waals surface area (Å²) in [5.74, 6) is 0.763. The van der Waals surface area contributed by atoms with Gasteiger partial charge in [-0.3, -0.25) is 4.79 Å². The fourth-order valence-electron chi connectivity index (χ4n) is 3.72. The molecule has 29 heavy (non-hydrogen) atoms. The molecule has 144 valence electrons. The average Bonchev–Trinajstić information content (AvgIpc) is 3.31. The van der Waals surface area contributed by atoms with Crippen LogP contribution in [0.1, 0.15) is 24.1 Å². The lowest BCUT2D eigenvalue weighted by atomic mass is 9.99. The maximum Gasteiger partial charge on any atom is 0.423 e. The molecule has 2 aliphatic rings. The van der Waals surface area contributed by atoms with Crippen molar-refractivity contribution in [2.45, 2.75) is 13.0 Å². The Hall–Kier alpha value is -3.80. The van der Waals surface area contributed by atoms with E-state index in [0.717, 1.165) is 21.2 Å². The van der Waals surface area contributed by atoms with Gasteiger partial charge in [0.2, 0.25) is 6.79 Å². The maximum absolute atomic E-state index is 13.0. The number of amides is 2. The van der Waals surface area contributed by atoms with Crippen LogP contribution in [0.4, 0.5) is 4.79 Å². The van der Waals surface area contributed by atoms with Crippen LogP contribution in [0.2, 0.25) is 0 Å². The fraction of sp³-hybridized carbons (Fsp3) is 0.130. The van der Waals surface area contributed by atoms with E-state index in [2.05, 4.69) is 0 Å². The predicted molar refractivity (Wildman–Crippen MR) is 106 cm³/mol. The van der Waals surface area contributed by atoms with Crippen LogP contribution in [0.25, 0.3) is 16.8 Å². The molecule has 6 nitrogen and oxygen atoms in total. The van der Waals surface area contributed by atoms with Gasteiger partial charge in [-0.05, 0) is 47.0 Å². The van der Waals surface area contributed by atoms with Crippen molar-refractivity contribution < 1.29 is 23.8 Å². The Labute approximate surface area is 166 Å². The molecule has 0 unspecified atom stereocenters. The molecule has 0 N–H and O–H groups in total. The van der Waals surface area contributed by atoms with Crippen LogP contribution in [-0.4, -0.2) is 23.7 Å². The van der Waals surface area contributed by atoms with Gasteiger partial charge in [0.15, 0.2) is 17.3 Å². The lowest BCUT2D eigenvalue weighted by molar-refractivity contribution is -0.124. The lowest BCUT2D eigenvalue weighted by Crippen LogP contribution is -2.31. The van der Waals surface area contributed by atoms with Gasteiger partial charge in [0.1, 0.15) is 0 Å². The third kappa shape index (κ3) is 2.89. The van der Waals surface area contributed by atoms with Crippen molar-refractivity contribution in [3.05, 3.63) is 77.5 Å². The summed E-state index contributed by atoms with van der Waals surface area (Å²) in [5.41, 5.74) is 1.57. The molecule has 0 spiro atoms. The first kappa shape index (κ1) is 17.3. The molecule has 0 saturated carbocycles. The van der Waals surface area contributed by atoms with E-state index in [1.807, 2.05) is 49.4 Å². The second-order valence-corrected chi connectivity index (χ2v) is 6.91. The molecule has 2 heterocycles. The molecule has 6 heteroatoms. The minimum absolute atomic E-state index is 0.0130. The number of nitrogens with zero attached hydrogens (tertiary/aromatic N) is 1. The van der Waals surface area contributed by atoms with E-state index in [4.69, 9.17) is 14.2 Å². The number of rotatable bonds is 3. The van der Waals surface area contributed by atoms with Crippen molar-refractivity contribution in [3.8, 4) is 11.5 Å². The highest BCUT2D eigenvalue weighted by atomic mass is 16.7. The normalized spacial score (nSPS) is 17.8. The third-order valence-electron chi connectivity index (χ3n) is 5.18. The van der Waals surface area contributed by atoms with Crippen LogP contribution in [0.3, 0.4) is 0 Å². The van der Waals surface area contributed by atoms with Gasteiger partial charge in [-0.15, -0.1) is 0 Å². The molecule has 0 radical (unpaired) electrons. The Balaban J connectivity index is 1.47. The number of hydrogen-bond acceptors (Lipinski definition) is 5. The standard InChI is InChI=1S/C23H17NO5/c1-14(17-8-4-6-16-5-2-3-7-18(16)17)24-22(25)21(29-23(24)26)12-15-9-10-19-20(11-15)28-13-27-19/h2-12,14H,13H2,1H3/b21-12-/t14-/m0/s1. The minimum Gasteiger partial charge on any atom is -0.454 e. The number of ether oxygens (including phenoxy) is 3. The Morgan fingerprint density at radius 3 is 2.66 bits per heavy atom. The van der Waals surface area contributed by atoms with E-state index in [0.29, 0.717) is 17.1 Å². The SMILES string of the molecule is C[C@@H](c1cccc2ccccc12)N1C(=O)O/C(=C\c2ccc3c(c2)OCO3)C1=O. The van der Waals surface area contributed by atoms with Crippen molar-refractivity contribution in [2.24, 2.45) is 0 Å². The smallest absolute Gasteiger partial charge is 0.423 e. The van der Waals surface area contributed by atoms with E-state index >= 15 is 0 Å². The van der Waals surface area contributed by atoms with E-state index in [1.54, 1.807) is 18.2 Å². The van der Waals surface area contributed by atoms with Gasteiger partial charge >= 0.3 is 6.09 Å². The van der Waals surface area contributed by atoms with Crippen LogP contribution in [-0.2, 0) is 9.53 Å². The van der Waals surface area contributed by atoms with Gasteiger partial charge in [0, 0.05) is 0 Å². The number of imide groups is 1. The Morgan fingerprint density at radius 2 is 1.76 bits per heavy atom. The summed E-state index contributed by atoms with van der Waals surface area (Å²) in [4.78, 5) is 26.6. The molecule has 1 fully saturated rings. The van der Waals surface area contributed by atoms with Gasteiger partial charge in [-0.25, -0.2) is 9.69 Å². The van der Waals surface area contributed by atoms with Gasteiger partial charge in [-0.2, -0.15) is 0 Å². The number of hydrogen-bond donors (Lipinski definition) is 0. The van der Waals surface area contributed by atoms with Crippen molar-refractivity contribution in [3.63, 3.8) is 0 Å². The number of benzene rings is 3. The highest BCUT2D eigenvalue weighted by Crippen LogP contribution is 2.35. The fourth-order valence-corrected chi connectivity index (χ4v) is 3.72. The van der Waals surface area contributed by atoms with Gasteiger partial charge in [0.25, 0.3) is 5.91 Å². The Morgan fingerprint density at radius 1 is 0.966 bits per heavy atom. The Kier molecular flexibility index (Phi) is 3.98. The molecule has 2 aliphatic heterocycles. The average molecular weight is 387 g/mol. The zero-order chi connectivity index (χ0) is 20.0.